The predicted octanol–water partition coefficient (Wildman–Crippen LogP) is 4.62. The second-order valence-electron chi connectivity index (χ2n) is 5.81. The number of nitrogens with one attached hydrogen (secondary N) is 1. The molecule has 0 saturated heterocycles. The van der Waals surface area contributed by atoms with E-state index in [1.165, 1.54) is 35.8 Å². The number of nitrogens with zero attached hydrogens (tertiary/aromatic N) is 1. The Morgan fingerprint density at radius 3 is 2.50 bits per heavy atom. The molecule has 4 nitrogen and oxygen atoms in total. The number of thioether (sulfide) groups is 2. The average Bonchev–Trinajstić information content (AvgIpc) is 2.66. The van der Waals surface area contributed by atoms with Gasteiger partial charge in [0.15, 0.2) is 0 Å². The van der Waals surface area contributed by atoms with E-state index in [1.807, 2.05) is 18.4 Å². The fraction of sp³-hybridized carbons (Fsp3) is 0.263. The fourth-order valence-corrected chi connectivity index (χ4v) is 3.71. The van der Waals surface area contributed by atoms with Crippen molar-refractivity contribution in [2.45, 2.75) is 16.0 Å². The molecule has 0 radical (unpaired) electrons. The molecular formula is C19H19F3N2O2S2. The Morgan fingerprint density at radius 1 is 1.11 bits per heavy atom. The van der Waals surface area contributed by atoms with Gasteiger partial charge in [0, 0.05) is 16.8 Å². The lowest BCUT2D eigenvalue weighted by Gasteiger charge is -2.17. The topological polar surface area (TPSA) is 49.4 Å². The van der Waals surface area contributed by atoms with Gasteiger partial charge in [-0.25, -0.2) is 0 Å². The maximum atomic E-state index is 12.7. The van der Waals surface area contributed by atoms with E-state index in [0.29, 0.717) is 10.6 Å². The number of para-hydroxylation sites is 1. The van der Waals surface area contributed by atoms with Gasteiger partial charge in [0.25, 0.3) is 0 Å². The third-order valence-electron chi connectivity index (χ3n) is 3.71. The van der Waals surface area contributed by atoms with Crippen LogP contribution in [0, 0.1) is 0 Å². The Morgan fingerprint density at radius 2 is 1.82 bits per heavy atom. The van der Waals surface area contributed by atoms with E-state index in [0.717, 1.165) is 28.8 Å². The monoisotopic (exact) mass is 428 g/mol. The van der Waals surface area contributed by atoms with Crippen LogP contribution in [-0.4, -0.2) is 42.3 Å². The van der Waals surface area contributed by atoms with Gasteiger partial charge in [0.1, 0.15) is 0 Å². The van der Waals surface area contributed by atoms with Gasteiger partial charge < -0.3 is 10.2 Å². The van der Waals surface area contributed by atoms with Crippen LogP contribution >= 0.6 is 23.5 Å². The van der Waals surface area contributed by atoms with Crippen molar-refractivity contribution in [3.63, 3.8) is 0 Å². The summed E-state index contributed by atoms with van der Waals surface area (Å²) in [7, 11) is 1.48. The Bertz CT molecular complexity index is 844. The number of carbonyl (C=O) groups is 2. The smallest absolute Gasteiger partial charge is 0.336 e. The third kappa shape index (κ3) is 6.49. The lowest BCUT2D eigenvalue weighted by molar-refractivity contribution is -0.137. The maximum Gasteiger partial charge on any atom is 0.416 e. The fourth-order valence-electron chi connectivity index (χ4n) is 2.26. The Kier molecular flexibility index (Phi) is 7.82. The highest BCUT2D eigenvalue weighted by molar-refractivity contribution is 8.00. The summed E-state index contributed by atoms with van der Waals surface area (Å²) >= 11 is 2.49. The zero-order valence-electron chi connectivity index (χ0n) is 15.2. The molecule has 2 amide bonds. The first-order valence-electron chi connectivity index (χ1n) is 8.17. The van der Waals surface area contributed by atoms with Crippen LogP contribution in [0.2, 0.25) is 0 Å². The summed E-state index contributed by atoms with van der Waals surface area (Å²) in [5.41, 5.74) is -0.0932. The highest BCUT2D eigenvalue weighted by Crippen LogP contribution is 2.32. The van der Waals surface area contributed by atoms with Crippen molar-refractivity contribution in [3.05, 3.63) is 54.1 Å². The number of amides is 2. The SMILES string of the molecule is CSc1ccccc1NC(=O)CN(C)C(=O)CSc1cccc(C(F)(F)F)c1. The van der Waals surface area contributed by atoms with E-state index < -0.39 is 11.7 Å². The molecule has 0 heterocycles. The molecule has 0 aromatic heterocycles. The van der Waals surface area contributed by atoms with Gasteiger partial charge in [-0.3, -0.25) is 9.59 Å². The first-order valence-corrected chi connectivity index (χ1v) is 10.4. The van der Waals surface area contributed by atoms with E-state index >= 15 is 0 Å². The normalized spacial score (nSPS) is 11.2. The molecule has 9 heteroatoms. The number of halogens is 3. The van der Waals surface area contributed by atoms with Gasteiger partial charge in [-0.05, 0) is 36.6 Å². The molecule has 1 N–H and O–H groups in total. The summed E-state index contributed by atoms with van der Waals surface area (Å²) in [6.07, 6.45) is -2.53. The van der Waals surface area contributed by atoms with Gasteiger partial charge in [-0.1, -0.05) is 18.2 Å². The van der Waals surface area contributed by atoms with Crippen molar-refractivity contribution in [1.29, 1.82) is 0 Å². The lowest BCUT2D eigenvalue weighted by atomic mass is 10.2. The molecular weight excluding hydrogens is 409 g/mol. The average molecular weight is 429 g/mol. The summed E-state index contributed by atoms with van der Waals surface area (Å²) in [6.45, 7) is -0.148. The molecule has 150 valence electrons. The van der Waals surface area contributed by atoms with E-state index in [2.05, 4.69) is 5.32 Å². The van der Waals surface area contributed by atoms with Crippen LogP contribution in [0.1, 0.15) is 5.56 Å². The summed E-state index contributed by atoms with van der Waals surface area (Å²) in [6, 6.07) is 12.1. The molecule has 0 aliphatic heterocycles. The molecule has 0 bridgehead atoms. The number of likely N-dealkylation sites (N-methyl/N-ethyl adjacent to an activating group) is 1. The van der Waals surface area contributed by atoms with E-state index in [1.54, 1.807) is 12.1 Å². The van der Waals surface area contributed by atoms with E-state index in [4.69, 9.17) is 0 Å². The van der Waals surface area contributed by atoms with Gasteiger partial charge in [-0.15, -0.1) is 23.5 Å². The Labute approximate surface area is 169 Å². The number of hydrogen-bond donors (Lipinski definition) is 1. The number of rotatable bonds is 7. The van der Waals surface area contributed by atoms with Crippen LogP contribution in [0.3, 0.4) is 0 Å². The van der Waals surface area contributed by atoms with Crippen molar-refractivity contribution in [3.8, 4) is 0 Å². The quantitative estimate of drug-likeness (QED) is 0.654. The number of hydrogen-bond acceptors (Lipinski definition) is 4. The molecule has 0 fully saturated rings. The zero-order valence-corrected chi connectivity index (χ0v) is 16.9. The van der Waals surface area contributed by atoms with Crippen molar-refractivity contribution < 1.29 is 22.8 Å². The van der Waals surface area contributed by atoms with Crippen molar-refractivity contribution in [2.24, 2.45) is 0 Å². The summed E-state index contributed by atoms with van der Waals surface area (Å²) in [4.78, 5) is 26.9. The molecule has 2 aromatic carbocycles. The van der Waals surface area contributed by atoms with Crippen LogP contribution in [0.25, 0.3) is 0 Å². The minimum absolute atomic E-state index is 0.0630. The molecule has 0 spiro atoms. The first kappa shape index (κ1) is 22.2. The highest BCUT2D eigenvalue weighted by atomic mass is 32.2. The molecule has 0 unspecified atom stereocenters. The number of alkyl halides is 3. The number of carbonyl (C=O) groups excluding carboxylic acids is 2. The van der Waals surface area contributed by atoms with Crippen molar-refractivity contribution >= 4 is 41.0 Å². The maximum absolute atomic E-state index is 12.7. The van der Waals surface area contributed by atoms with Gasteiger partial charge in [-0.2, -0.15) is 13.2 Å². The van der Waals surface area contributed by atoms with Gasteiger partial charge >= 0.3 is 6.18 Å². The lowest BCUT2D eigenvalue weighted by Crippen LogP contribution is -2.36. The van der Waals surface area contributed by atoms with Crippen molar-refractivity contribution in [1.82, 2.24) is 4.90 Å². The molecule has 0 saturated carbocycles. The van der Waals surface area contributed by atoms with Crippen LogP contribution in [0.5, 0.6) is 0 Å². The first-order chi connectivity index (χ1) is 13.2. The Hall–Kier alpha value is -2.13. The summed E-state index contributed by atoms with van der Waals surface area (Å²) in [5.74, 6) is -0.760. The molecule has 28 heavy (non-hydrogen) atoms. The minimum Gasteiger partial charge on any atom is -0.336 e. The Balaban J connectivity index is 1.88. The summed E-state index contributed by atoms with van der Waals surface area (Å²) in [5, 5.41) is 2.76. The zero-order chi connectivity index (χ0) is 20.7. The predicted molar refractivity (Wildman–Crippen MR) is 107 cm³/mol. The third-order valence-corrected chi connectivity index (χ3v) is 5.49. The van der Waals surface area contributed by atoms with Crippen LogP contribution < -0.4 is 5.32 Å². The van der Waals surface area contributed by atoms with Gasteiger partial charge in [0.05, 0.1) is 23.5 Å². The second-order valence-corrected chi connectivity index (χ2v) is 7.71. The second kappa shape index (κ2) is 9.88. The molecule has 2 rings (SSSR count). The summed E-state index contributed by atoms with van der Waals surface area (Å²) < 4.78 is 38.2. The number of anilines is 1. The standard InChI is InChI=1S/C19H19F3N2O2S2/c1-24(11-17(25)23-15-8-3-4-9-16(15)27-2)18(26)12-28-14-7-5-6-13(10-14)19(20,21)22/h3-10H,11-12H2,1-2H3,(H,23,25). The van der Waals surface area contributed by atoms with E-state index in [9.17, 15) is 22.8 Å². The van der Waals surface area contributed by atoms with Crippen LogP contribution in [-0.2, 0) is 15.8 Å². The van der Waals surface area contributed by atoms with Crippen LogP contribution in [0.4, 0.5) is 18.9 Å². The van der Waals surface area contributed by atoms with E-state index in [-0.39, 0.29) is 24.1 Å². The minimum atomic E-state index is -4.43. The van der Waals surface area contributed by atoms with Gasteiger partial charge in [0.2, 0.25) is 11.8 Å². The number of benzene rings is 2. The van der Waals surface area contributed by atoms with Crippen molar-refractivity contribution in [2.75, 3.05) is 30.9 Å². The van der Waals surface area contributed by atoms with Crippen LogP contribution in [0.15, 0.2) is 58.3 Å². The molecule has 2 aromatic rings. The largest absolute Gasteiger partial charge is 0.416 e. The molecule has 0 aliphatic carbocycles. The molecule has 0 atom stereocenters. The molecule has 0 aliphatic rings. The highest BCUT2D eigenvalue weighted by Gasteiger charge is 2.30.